The highest BCUT2D eigenvalue weighted by molar-refractivity contribution is 5.59. The number of carbonyl (C=O) groups is 1. The van der Waals surface area contributed by atoms with Gasteiger partial charge < -0.3 is 4.79 Å². The summed E-state index contributed by atoms with van der Waals surface area (Å²) in [4.78, 5) is 11.1. The van der Waals surface area contributed by atoms with Crippen molar-refractivity contribution < 1.29 is 4.79 Å². The maximum Gasteiger partial charge on any atom is 0.126 e. The Hall–Kier alpha value is -0.330. The molecule has 0 aliphatic heterocycles. The number of rotatable bonds is 4. The molecule has 0 amide bonds. The van der Waals surface area contributed by atoms with E-state index in [0.717, 1.165) is 24.7 Å². The van der Waals surface area contributed by atoms with Crippen LogP contribution in [0.25, 0.3) is 0 Å². The van der Waals surface area contributed by atoms with Gasteiger partial charge in [0.2, 0.25) is 0 Å². The van der Waals surface area contributed by atoms with Crippen LogP contribution in [0, 0.1) is 17.3 Å². The summed E-state index contributed by atoms with van der Waals surface area (Å²) in [5.74, 6) is 1.75. The molecular formula is C12H20O. The van der Waals surface area contributed by atoms with Gasteiger partial charge in [0.15, 0.2) is 0 Å². The second-order valence-electron chi connectivity index (χ2n) is 5.21. The number of hydrogen-bond donors (Lipinski definition) is 0. The molecule has 0 aromatic carbocycles. The van der Waals surface area contributed by atoms with E-state index < -0.39 is 0 Å². The Labute approximate surface area is 80.9 Å². The summed E-state index contributed by atoms with van der Waals surface area (Å²) < 4.78 is 0. The van der Waals surface area contributed by atoms with Crippen molar-refractivity contribution in [3.63, 3.8) is 0 Å². The third-order valence-corrected chi connectivity index (χ3v) is 4.00. The van der Waals surface area contributed by atoms with Gasteiger partial charge in [-0.05, 0) is 43.9 Å². The molecule has 2 aliphatic rings. The second kappa shape index (κ2) is 3.43. The van der Waals surface area contributed by atoms with Gasteiger partial charge in [-0.25, -0.2) is 0 Å². The first-order valence-electron chi connectivity index (χ1n) is 5.72. The van der Waals surface area contributed by atoms with Gasteiger partial charge in [0.1, 0.15) is 6.29 Å². The molecule has 1 atom stereocenters. The summed E-state index contributed by atoms with van der Waals surface area (Å²) >= 11 is 0. The van der Waals surface area contributed by atoms with Crippen molar-refractivity contribution >= 4 is 6.29 Å². The third kappa shape index (κ3) is 1.95. The van der Waals surface area contributed by atoms with E-state index in [0.29, 0.717) is 0 Å². The fourth-order valence-electron chi connectivity index (χ4n) is 2.92. The first-order chi connectivity index (χ1) is 6.26. The molecular weight excluding hydrogens is 160 g/mol. The number of carbonyl (C=O) groups excluding carboxylic acids is 1. The average Bonchev–Trinajstić information content (AvgIpc) is 2.89. The van der Waals surface area contributed by atoms with Crippen LogP contribution in [-0.4, -0.2) is 6.29 Å². The molecule has 74 valence electrons. The highest BCUT2D eigenvalue weighted by Gasteiger charge is 2.38. The SMILES string of the molecule is CC(CC1(C=O)CCCC1)C1CC1. The zero-order valence-corrected chi connectivity index (χ0v) is 8.59. The Bertz CT molecular complexity index is 187. The van der Waals surface area contributed by atoms with Gasteiger partial charge in [-0.1, -0.05) is 19.8 Å². The van der Waals surface area contributed by atoms with Crippen LogP contribution in [0.2, 0.25) is 0 Å². The van der Waals surface area contributed by atoms with Gasteiger partial charge in [-0.15, -0.1) is 0 Å². The standard InChI is InChI=1S/C12H20O/c1-10(11-4-5-11)8-12(9-13)6-2-3-7-12/h9-11H,2-8H2,1H3. The molecule has 2 rings (SSSR count). The lowest BCUT2D eigenvalue weighted by atomic mass is 9.78. The Kier molecular flexibility index (Phi) is 2.44. The molecule has 0 heterocycles. The largest absolute Gasteiger partial charge is 0.303 e. The predicted molar refractivity (Wildman–Crippen MR) is 53.5 cm³/mol. The average molecular weight is 180 g/mol. The first kappa shape index (κ1) is 9.23. The van der Waals surface area contributed by atoms with Crippen LogP contribution in [0.4, 0.5) is 0 Å². The lowest BCUT2D eigenvalue weighted by Gasteiger charge is -2.25. The minimum atomic E-state index is 0.0992. The van der Waals surface area contributed by atoms with E-state index >= 15 is 0 Å². The predicted octanol–water partition coefficient (Wildman–Crippen LogP) is 3.18. The topological polar surface area (TPSA) is 17.1 Å². The van der Waals surface area contributed by atoms with Crippen LogP contribution in [-0.2, 0) is 4.79 Å². The first-order valence-corrected chi connectivity index (χ1v) is 5.72. The summed E-state index contributed by atoms with van der Waals surface area (Å²) in [6.45, 7) is 2.33. The van der Waals surface area contributed by atoms with Crippen molar-refractivity contribution in [1.82, 2.24) is 0 Å². The van der Waals surface area contributed by atoms with E-state index in [1.54, 1.807) is 0 Å². The molecule has 2 saturated carbocycles. The summed E-state index contributed by atoms with van der Waals surface area (Å²) in [7, 11) is 0. The van der Waals surface area contributed by atoms with Crippen LogP contribution in [0.3, 0.4) is 0 Å². The smallest absolute Gasteiger partial charge is 0.126 e. The fourth-order valence-corrected chi connectivity index (χ4v) is 2.92. The molecule has 0 N–H and O–H groups in total. The lowest BCUT2D eigenvalue weighted by Crippen LogP contribution is -2.22. The molecule has 0 aromatic rings. The van der Waals surface area contributed by atoms with Gasteiger partial charge in [-0.2, -0.15) is 0 Å². The van der Waals surface area contributed by atoms with Crippen molar-refractivity contribution in [2.45, 2.75) is 51.9 Å². The lowest BCUT2D eigenvalue weighted by molar-refractivity contribution is -0.116. The van der Waals surface area contributed by atoms with Gasteiger partial charge in [-0.3, -0.25) is 0 Å². The Morgan fingerprint density at radius 2 is 2.00 bits per heavy atom. The molecule has 1 heteroatoms. The minimum Gasteiger partial charge on any atom is -0.303 e. The van der Waals surface area contributed by atoms with Crippen LogP contribution < -0.4 is 0 Å². The molecule has 0 aromatic heterocycles. The molecule has 1 nitrogen and oxygen atoms in total. The van der Waals surface area contributed by atoms with Crippen molar-refractivity contribution in [3.8, 4) is 0 Å². The summed E-state index contributed by atoms with van der Waals surface area (Å²) in [6.07, 6.45) is 10.1. The number of hydrogen-bond acceptors (Lipinski definition) is 1. The molecule has 0 radical (unpaired) electrons. The van der Waals surface area contributed by atoms with Crippen LogP contribution in [0.1, 0.15) is 51.9 Å². The Morgan fingerprint density at radius 3 is 2.46 bits per heavy atom. The zero-order chi connectivity index (χ0) is 9.31. The molecule has 0 spiro atoms. The van der Waals surface area contributed by atoms with Crippen molar-refractivity contribution in [2.24, 2.45) is 17.3 Å². The van der Waals surface area contributed by atoms with E-state index in [1.807, 2.05) is 0 Å². The van der Waals surface area contributed by atoms with Crippen molar-refractivity contribution in [3.05, 3.63) is 0 Å². The summed E-state index contributed by atoms with van der Waals surface area (Å²) in [6, 6.07) is 0. The molecule has 1 unspecified atom stereocenters. The molecule has 0 bridgehead atoms. The van der Waals surface area contributed by atoms with Crippen LogP contribution in [0.15, 0.2) is 0 Å². The van der Waals surface area contributed by atoms with Gasteiger partial charge in [0.05, 0.1) is 0 Å². The van der Waals surface area contributed by atoms with E-state index in [1.165, 1.54) is 38.4 Å². The Morgan fingerprint density at radius 1 is 1.38 bits per heavy atom. The highest BCUT2D eigenvalue weighted by atomic mass is 16.1. The second-order valence-corrected chi connectivity index (χ2v) is 5.21. The Balaban J connectivity index is 1.92. The maximum atomic E-state index is 11.1. The quantitative estimate of drug-likeness (QED) is 0.607. The maximum absolute atomic E-state index is 11.1. The van der Waals surface area contributed by atoms with Crippen molar-refractivity contribution in [1.29, 1.82) is 0 Å². The minimum absolute atomic E-state index is 0.0992. The third-order valence-electron chi connectivity index (χ3n) is 4.00. The number of aldehydes is 1. The van der Waals surface area contributed by atoms with E-state index in [-0.39, 0.29) is 5.41 Å². The van der Waals surface area contributed by atoms with Crippen LogP contribution >= 0.6 is 0 Å². The van der Waals surface area contributed by atoms with Crippen LogP contribution in [0.5, 0.6) is 0 Å². The fraction of sp³-hybridized carbons (Fsp3) is 0.917. The van der Waals surface area contributed by atoms with Gasteiger partial charge >= 0.3 is 0 Å². The molecule has 13 heavy (non-hydrogen) atoms. The van der Waals surface area contributed by atoms with E-state index in [4.69, 9.17) is 0 Å². The van der Waals surface area contributed by atoms with Gasteiger partial charge in [0, 0.05) is 5.41 Å². The zero-order valence-electron chi connectivity index (χ0n) is 8.59. The van der Waals surface area contributed by atoms with E-state index in [9.17, 15) is 4.79 Å². The normalized spacial score (nSPS) is 28.7. The summed E-state index contributed by atoms with van der Waals surface area (Å²) in [5.41, 5.74) is 0.0992. The molecule has 0 saturated heterocycles. The van der Waals surface area contributed by atoms with Crippen molar-refractivity contribution in [2.75, 3.05) is 0 Å². The monoisotopic (exact) mass is 180 g/mol. The summed E-state index contributed by atoms with van der Waals surface area (Å²) in [5, 5.41) is 0. The highest BCUT2D eigenvalue weighted by Crippen LogP contribution is 2.47. The molecule has 2 aliphatic carbocycles. The van der Waals surface area contributed by atoms with Gasteiger partial charge in [0.25, 0.3) is 0 Å². The van der Waals surface area contributed by atoms with E-state index in [2.05, 4.69) is 6.92 Å². The molecule has 2 fully saturated rings.